The van der Waals surface area contributed by atoms with E-state index in [1.165, 1.54) is 6.33 Å². The number of hydrogen-bond donors (Lipinski definition) is 2. The van der Waals surface area contributed by atoms with E-state index in [0.717, 1.165) is 36.8 Å². The zero-order valence-corrected chi connectivity index (χ0v) is 14.6. The average molecular weight is 354 g/mol. The second kappa shape index (κ2) is 6.80. The third-order valence-corrected chi connectivity index (χ3v) is 4.68. The van der Waals surface area contributed by atoms with E-state index < -0.39 is 0 Å². The average Bonchev–Trinajstić information content (AvgIpc) is 2.95. The highest BCUT2D eigenvalue weighted by Crippen LogP contribution is 2.31. The Labute approximate surface area is 150 Å². The predicted molar refractivity (Wildman–Crippen MR) is 94.9 cm³/mol. The maximum Gasteiger partial charge on any atom is 0.231 e. The lowest BCUT2D eigenvalue weighted by molar-refractivity contribution is -0.428. The molecule has 2 heterocycles. The van der Waals surface area contributed by atoms with Gasteiger partial charge in [-0.2, -0.15) is 10.1 Å². The number of hydrogen-bond acceptors (Lipinski definition) is 5. The van der Waals surface area contributed by atoms with E-state index in [0.29, 0.717) is 23.2 Å². The van der Waals surface area contributed by atoms with Gasteiger partial charge in [-0.15, -0.1) is 0 Å². The van der Waals surface area contributed by atoms with E-state index in [9.17, 15) is 4.39 Å². The number of nitrogens with zero attached hydrogens (tertiary/aromatic N) is 5. The Balaban J connectivity index is 1.69. The van der Waals surface area contributed by atoms with Crippen LogP contribution in [0, 0.1) is 5.82 Å². The van der Waals surface area contributed by atoms with Gasteiger partial charge < -0.3 is 11.1 Å². The van der Waals surface area contributed by atoms with Crippen LogP contribution in [0.4, 0.5) is 16.2 Å². The highest BCUT2D eigenvalue weighted by atomic mass is 19.1. The molecule has 1 aliphatic rings. The Bertz CT molecular complexity index is 937. The van der Waals surface area contributed by atoms with Crippen LogP contribution in [0.3, 0.4) is 0 Å². The summed E-state index contributed by atoms with van der Waals surface area (Å²) in [7, 11) is 1.82. The first kappa shape index (κ1) is 16.6. The lowest BCUT2D eigenvalue weighted by atomic mass is 9.96. The fourth-order valence-electron chi connectivity index (χ4n) is 3.35. The Morgan fingerprint density at radius 1 is 1.27 bits per heavy atom. The Morgan fingerprint density at radius 3 is 2.96 bits per heavy atom. The molecule has 0 radical (unpaired) electrons. The van der Waals surface area contributed by atoms with Crippen molar-refractivity contribution in [1.82, 2.24) is 24.7 Å². The maximum atomic E-state index is 14.8. The zero-order valence-electron chi connectivity index (χ0n) is 14.6. The lowest BCUT2D eigenvalue weighted by Gasteiger charge is -2.12. The number of rotatable bonds is 3. The second-order valence-electron chi connectivity index (χ2n) is 6.61. The van der Waals surface area contributed by atoms with Crippen LogP contribution in [0.5, 0.6) is 0 Å². The summed E-state index contributed by atoms with van der Waals surface area (Å²) in [5, 5.41) is 7.23. The Hall–Kier alpha value is -2.87. The SMILES string of the molecule is Cn1ccc(Nc2ncnc(-c3cc4c(cc3F)[C@H]([NH3+])CCCC4)n2)n1. The van der Waals surface area contributed by atoms with Crippen LogP contribution in [-0.2, 0) is 13.5 Å². The number of aryl methyl sites for hydroxylation is 2. The summed E-state index contributed by atoms with van der Waals surface area (Å²) in [5.74, 6) is 0.933. The second-order valence-corrected chi connectivity index (χ2v) is 6.61. The molecule has 0 saturated carbocycles. The maximum absolute atomic E-state index is 14.8. The molecule has 0 amide bonds. The summed E-state index contributed by atoms with van der Waals surface area (Å²) in [6, 6.07) is 5.41. The number of benzene rings is 1. The van der Waals surface area contributed by atoms with Crippen LogP contribution in [0.2, 0.25) is 0 Å². The van der Waals surface area contributed by atoms with Crippen LogP contribution < -0.4 is 11.1 Å². The molecule has 4 rings (SSSR count). The van der Waals surface area contributed by atoms with Gasteiger partial charge in [-0.05, 0) is 37.0 Å². The van der Waals surface area contributed by atoms with Crippen LogP contribution in [0.25, 0.3) is 11.4 Å². The van der Waals surface area contributed by atoms with Gasteiger partial charge in [0.1, 0.15) is 18.2 Å². The molecular formula is C18H21FN7+. The minimum atomic E-state index is -0.325. The first-order chi connectivity index (χ1) is 12.6. The fraction of sp³-hybridized carbons (Fsp3) is 0.333. The Morgan fingerprint density at radius 2 is 2.15 bits per heavy atom. The first-order valence-electron chi connectivity index (χ1n) is 8.71. The molecule has 8 heteroatoms. The van der Waals surface area contributed by atoms with Gasteiger partial charge in [0.2, 0.25) is 5.95 Å². The smallest absolute Gasteiger partial charge is 0.231 e. The molecule has 0 aliphatic heterocycles. The first-order valence-corrected chi connectivity index (χ1v) is 8.71. The van der Waals surface area contributed by atoms with Crippen molar-refractivity contribution in [2.75, 3.05) is 5.32 Å². The molecule has 0 spiro atoms. The molecule has 2 aromatic heterocycles. The van der Waals surface area contributed by atoms with Crippen LogP contribution in [0.15, 0.2) is 30.7 Å². The quantitative estimate of drug-likeness (QED) is 0.703. The van der Waals surface area contributed by atoms with E-state index >= 15 is 0 Å². The van der Waals surface area contributed by atoms with Crippen LogP contribution in [0.1, 0.15) is 36.4 Å². The van der Waals surface area contributed by atoms with Crippen molar-refractivity contribution >= 4 is 11.8 Å². The minimum absolute atomic E-state index is 0.135. The normalized spacial score (nSPS) is 16.8. The molecule has 134 valence electrons. The molecule has 0 saturated heterocycles. The topological polar surface area (TPSA) is 96.2 Å². The van der Waals surface area contributed by atoms with Gasteiger partial charge in [0.05, 0.1) is 5.56 Å². The molecule has 7 nitrogen and oxygen atoms in total. The van der Waals surface area contributed by atoms with E-state index in [1.54, 1.807) is 16.8 Å². The summed E-state index contributed by atoms with van der Waals surface area (Å²) >= 11 is 0. The van der Waals surface area contributed by atoms with E-state index in [4.69, 9.17) is 0 Å². The molecule has 0 bridgehead atoms. The molecule has 1 aliphatic carbocycles. The Kier molecular flexibility index (Phi) is 4.34. The molecular weight excluding hydrogens is 333 g/mol. The van der Waals surface area contributed by atoms with Gasteiger partial charge in [-0.3, -0.25) is 4.68 Å². The van der Waals surface area contributed by atoms with Crippen molar-refractivity contribution in [1.29, 1.82) is 0 Å². The van der Waals surface area contributed by atoms with Crippen molar-refractivity contribution in [3.05, 3.63) is 47.7 Å². The standard InChI is InChI=1S/C18H20FN7/c1-26-7-6-16(25-26)23-18-22-10-21-17(24-18)13-8-11-4-2-3-5-15(20)12(11)9-14(13)19/h6-10,15H,2-5,20H2,1H3,(H,21,22,23,24,25)/p+1/t15-/m1/s1. The van der Waals surface area contributed by atoms with Gasteiger partial charge in [-0.1, -0.05) is 0 Å². The summed E-state index contributed by atoms with van der Waals surface area (Å²) in [6.07, 6.45) is 7.32. The number of nitrogens with one attached hydrogen (secondary N) is 1. The number of aromatic nitrogens is 5. The number of fused-ring (bicyclic) bond motifs is 1. The zero-order chi connectivity index (χ0) is 18.1. The van der Waals surface area contributed by atoms with Crippen LogP contribution >= 0.6 is 0 Å². The van der Waals surface area contributed by atoms with E-state index in [1.807, 2.05) is 19.3 Å². The van der Waals surface area contributed by atoms with Crippen molar-refractivity contribution in [2.45, 2.75) is 31.7 Å². The van der Waals surface area contributed by atoms with E-state index in [2.05, 4.69) is 31.1 Å². The fourth-order valence-corrected chi connectivity index (χ4v) is 3.35. The van der Waals surface area contributed by atoms with Gasteiger partial charge in [0.15, 0.2) is 11.6 Å². The number of quaternary nitrogens is 1. The number of halogens is 1. The summed E-state index contributed by atoms with van der Waals surface area (Å²) < 4.78 is 16.4. The monoisotopic (exact) mass is 354 g/mol. The van der Waals surface area contributed by atoms with Crippen molar-refractivity contribution in [2.24, 2.45) is 7.05 Å². The number of anilines is 2. The third-order valence-electron chi connectivity index (χ3n) is 4.68. The molecule has 0 unspecified atom stereocenters. The van der Waals surface area contributed by atoms with E-state index in [-0.39, 0.29) is 11.9 Å². The van der Waals surface area contributed by atoms with Crippen LogP contribution in [-0.4, -0.2) is 24.7 Å². The van der Waals surface area contributed by atoms with Gasteiger partial charge in [0, 0.05) is 31.3 Å². The van der Waals surface area contributed by atoms with Gasteiger partial charge in [0.25, 0.3) is 0 Å². The minimum Gasteiger partial charge on any atom is -0.351 e. The van der Waals surface area contributed by atoms with Crippen molar-refractivity contribution in [3.8, 4) is 11.4 Å². The molecule has 3 aromatic rings. The molecule has 1 atom stereocenters. The molecule has 4 N–H and O–H groups in total. The summed E-state index contributed by atoms with van der Waals surface area (Å²) in [4.78, 5) is 12.6. The van der Waals surface area contributed by atoms with Gasteiger partial charge in [-0.25, -0.2) is 14.4 Å². The van der Waals surface area contributed by atoms with Gasteiger partial charge >= 0.3 is 0 Å². The molecule has 1 aromatic carbocycles. The summed E-state index contributed by atoms with van der Waals surface area (Å²) in [5.41, 5.74) is 6.71. The predicted octanol–water partition coefficient (Wildman–Crippen LogP) is 2.16. The largest absolute Gasteiger partial charge is 0.351 e. The van der Waals surface area contributed by atoms with Crippen molar-refractivity contribution < 1.29 is 10.1 Å². The molecule has 0 fully saturated rings. The summed E-state index contributed by atoms with van der Waals surface area (Å²) in [6.45, 7) is 0. The highest BCUT2D eigenvalue weighted by Gasteiger charge is 2.22. The van der Waals surface area contributed by atoms with Crippen molar-refractivity contribution in [3.63, 3.8) is 0 Å². The lowest BCUT2D eigenvalue weighted by Crippen LogP contribution is -2.53. The molecule has 26 heavy (non-hydrogen) atoms. The highest BCUT2D eigenvalue weighted by molar-refractivity contribution is 5.60. The third kappa shape index (κ3) is 3.28.